The zero-order valence-electron chi connectivity index (χ0n) is 22.7. The molecule has 0 unspecified atom stereocenters. The van der Waals surface area contributed by atoms with Crippen LogP contribution in [0.15, 0.2) is 30.6 Å². The summed E-state index contributed by atoms with van der Waals surface area (Å²) in [5.74, 6) is -2.58. The van der Waals surface area contributed by atoms with Crippen molar-refractivity contribution in [3.05, 3.63) is 57.6 Å². The van der Waals surface area contributed by atoms with Crippen LogP contribution >= 0.6 is 11.3 Å². The van der Waals surface area contributed by atoms with Crippen molar-refractivity contribution in [2.75, 3.05) is 24.5 Å². The Morgan fingerprint density at radius 2 is 1.88 bits per heavy atom. The van der Waals surface area contributed by atoms with Gasteiger partial charge in [-0.25, -0.2) is 24.1 Å². The Labute approximate surface area is 242 Å². The second-order valence-corrected chi connectivity index (χ2v) is 11.9. The minimum Gasteiger partial charge on any atom is -0.479 e. The van der Waals surface area contributed by atoms with E-state index < -0.39 is 29.1 Å². The number of hydrogen-bond donors (Lipinski definition) is 2. The Hall–Kier alpha value is -3.49. The number of Topliss-reactive ketones (excluding diaryl/α,β-unsaturated/α-hetero) is 1. The summed E-state index contributed by atoms with van der Waals surface area (Å²) >= 11 is 1.24. The first-order valence-corrected chi connectivity index (χ1v) is 14.3. The molecule has 0 spiro atoms. The number of alkyl halides is 3. The third-order valence-corrected chi connectivity index (χ3v) is 8.91. The molecule has 224 valence electrons. The monoisotopic (exact) mass is 607 g/mol. The molecule has 3 aromatic rings. The van der Waals surface area contributed by atoms with Gasteiger partial charge in [0.2, 0.25) is 0 Å². The highest BCUT2D eigenvalue weighted by Gasteiger charge is 2.40. The first-order valence-electron chi connectivity index (χ1n) is 13.5. The van der Waals surface area contributed by atoms with E-state index in [4.69, 9.17) is 0 Å². The Morgan fingerprint density at radius 1 is 1.14 bits per heavy atom. The van der Waals surface area contributed by atoms with Crippen molar-refractivity contribution in [2.45, 2.75) is 63.4 Å². The molecule has 5 rings (SSSR count). The van der Waals surface area contributed by atoms with E-state index in [1.807, 2.05) is 0 Å². The number of aliphatic carboxylic acids is 1. The predicted molar refractivity (Wildman–Crippen MR) is 146 cm³/mol. The first-order chi connectivity index (χ1) is 19.8. The third kappa shape index (κ3) is 6.30. The number of benzene rings is 1. The number of aromatic nitrogens is 3. The summed E-state index contributed by atoms with van der Waals surface area (Å²) < 4.78 is 54.3. The number of likely N-dealkylation sites (tertiary alicyclic amines) is 1. The van der Waals surface area contributed by atoms with Crippen LogP contribution in [0.2, 0.25) is 0 Å². The Kier molecular flexibility index (Phi) is 8.32. The first kappa shape index (κ1) is 30.0. The summed E-state index contributed by atoms with van der Waals surface area (Å²) in [7, 11) is 0. The van der Waals surface area contributed by atoms with Gasteiger partial charge >= 0.3 is 12.1 Å². The quantitative estimate of drug-likeness (QED) is 0.280. The maximum absolute atomic E-state index is 14.0. The Balaban J connectivity index is 1.35. The standard InChI is InChI=1S/C28H29F4N5O4S/c1-16-3-2-8-37(16)15-22-25(17-4-5-19(29)18(11-17)28(30,31)32)35-24(42-22)12-21(38)20-13-34-23(14-33-20)36-9-6-27(41,7-10-36)26(39)40/h4-5,11,13-14,16,41H,2-3,6-10,12,15H2,1H3,(H,39,40)/t16-/m1/s1. The molecule has 4 heterocycles. The number of thiazole rings is 1. The van der Waals surface area contributed by atoms with E-state index in [0.29, 0.717) is 27.9 Å². The minimum atomic E-state index is -4.87. The average Bonchev–Trinajstić information content (AvgIpc) is 3.54. The number of hydrogen-bond acceptors (Lipinski definition) is 9. The number of halogens is 4. The van der Waals surface area contributed by atoms with Crippen LogP contribution in [-0.4, -0.2) is 73.1 Å². The van der Waals surface area contributed by atoms with Crippen LogP contribution in [0.3, 0.4) is 0 Å². The molecule has 0 bridgehead atoms. The van der Waals surface area contributed by atoms with Crippen molar-refractivity contribution in [1.29, 1.82) is 0 Å². The molecule has 0 amide bonds. The second-order valence-electron chi connectivity index (χ2n) is 10.7. The zero-order chi connectivity index (χ0) is 30.2. The molecule has 1 aromatic carbocycles. The lowest BCUT2D eigenvalue weighted by Gasteiger charge is -2.35. The van der Waals surface area contributed by atoms with Crippen molar-refractivity contribution in [3.63, 3.8) is 0 Å². The molecule has 14 heteroatoms. The van der Waals surface area contributed by atoms with Gasteiger partial charge in [-0.1, -0.05) is 0 Å². The summed E-state index contributed by atoms with van der Waals surface area (Å²) in [5, 5.41) is 19.7. The highest BCUT2D eigenvalue weighted by atomic mass is 32.1. The fourth-order valence-electron chi connectivity index (χ4n) is 5.29. The molecule has 42 heavy (non-hydrogen) atoms. The lowest BCUT2D eigenvalue weighted by atomic mass is 9.92. The van der Waals surface area contributed by atoms with E-state index in [2.05, 4.69) is 26.8 Å². The topological polar surface area (TPSA) is 120 Å². The van der Waals surface area contributed by atoms with Gasteiger partial charge in [-0.3, -0.25) is 9.69 Å². The summed E-state index contributed by atoms with van der Waals surface area (Å²) in [4.78, 5) is 42.1. The van der Waals surface area contributed by atoms with Gasteiger partial charge in [0.05, 0.1) is 30.1 Å². The second kappa shape index (κ2) is 11.7. The fraction of sp³-hybridized carbons (Fsp3) is 0.464. The van der Waals surface area contributed by atoms with Gasteiger partial charge in [0.25, 0.3) is 0 Å². The van der Waals surface area contributed by atoms with E-state index in [1.54, 1.807) is 4.90 Å². The zero-order valence-corrected chi connectivity index (χ0v) is 23.5. The normalized spacial score (nSPS) is 19.3. The van der Waals surface area contributed by atoms with Crippen molar-refractivity contribution in [1.82, 2.24) is 19.9 Å². The van der Waals surface area contributed by atoms with Gasteiger partial charge in [-0.15, -0.1) is 11.3 Å². The molecule has 0 aliphatic carbocycles. The maximum atomic E-state index is 14.0. The van der Waals surface area contributed by atoms with Crippen LogP contribution in [-0.2, 0) is 23.9 Å². The molecule has 1 atom stereocenters. The molecular formula is C28H29F4N5O4S. The minimum absolute atomic E-state index is 0.0220. The van der Waals surface area contributed by atoms with Crippen molar-refractivity contribution in [3.8, 4) is 11.3 Å². The van der Waals surface area contributed by atoms with Gasteiger partial charge in [0.1, 0.15) is 22.3 Å². The number of piperidine rings is 1. The lowest BCUT2D eigenvalue weighted by molar-refractivity contribution is -0.160. The van der Waals surface area contributed by atoms with Crippen LogP contribution in [0.25, 0.3) is 11.3 Å². The third-order valence-electron chi connectivity index (χ3n) is 7.87. The number of carbonyl (C=O) groups excluding carboxylic acids is 1. The van der Waals surface area contributed by atoms with Gasteiger partial charge in [0.15, 0.2) is 11.4 Å². The van der Waals surface area contributed by atoms with Crippen LogP contribution in [0.4, 0.5) is 23.4 Å². The molecule has 0 radical (unpaired) electrons. The van der Waals surface area contributed by atoms with E-state index in [1.165, 1.54) is 29.8 Å². The van der Waals surface area contributed by atoms with Crippen LogP contribution in [0, 0.1) is 5.82 Å². The molecule has 2 N–H and O–H groups in total. The number of anilines is 1. The number of carbonyl (C=O) groups is 2. The highest BCUT2D eigenvalue weighted by molar-refractivity contribution is 7.12. The summed E-state index contributed by atoms with van der Waals surface area (Å²) in [6.07, 6.45) is -0.250. The number of ketones is 1. The van der Waals surface area contributed by atoms with Crippen molar-refractivity contribution >= 4 is 28.9 Å². The van der Waals surface area contributed by atoms with Crippen molar-refractivity contribution in [2.24, 2.45) is 0 Å². The van der Waals surface area contributed by atoms with Gasteiger partial charge in [-0.05, 0) is 44.5 Å². The number of carboxylic acid groups (broad SMARTS) is 1. The molecule has 2 fully saturated rings. The van der Waals surface area contributed by atoms with Crippen LogP contribution in [0.5, 0.6) is 0 Å². The highest BCUT2D eigenvalue weighted by Crippen LogP contribution is 2.37. The maximum Gasteiger partial charge on any atom is 0.419 e. The summed E-state index contributed by atoms with van der Waals surface area (Å²) in [5.41, 5.74) is -2.66. The van der Waals surface area contributed by atoms with E-state index in [0.717, 1.165) is 31.5 Å². The summed E-state index contributed by atoms with van der Waals surface area (Å²) in [6, 6.07) is 3.10. The molecule has 2 aromatic heterocycles. The Morgan fingerprint density at radius 3 is 2.48 bits per heavy atom. The summed E-state index contributed by atoms with van der Waals surface area (Å²) in [6.45, 7) is 3.87. The van der Waals surface area contributed by atoms with E-state index >= 15 is 0 Å². The fourth-order valence-corrected chi connectivity index (χ4v) is 6.40. The number of rotatable bonds is 8. The average molecular weight is 608 g/mol. The number of carboxylic acids is 1. The van der Waals surface area contributed by atoms with Gasteiger partial charge < -0.3 is 15.1 Å². The number of aliphatic hydroxyl groups is 1. The molecular weight excluding hydrogens is 578 g/mol. The SMILES string of the molecule is C[C@@H]1CCCN1Cc1sc(CC(=O)c2cnc(N3CCC(O)(C(=O)O)CC3)cn2)nc1-c1ccc(F)c(C(F)(F)F)c1. The van der Waals surface area contributed by atoms with Gasteiger partial charge in [0, 0.05) is 49.0 Å². The molecule has 0 saturated carbocycles. The van der Waals surface area contributed by atoms with Crippen LogP contribution in [0.1, 0.15) is 58.5 Å². The smallest absolute Gasteiger partial charge is 0.419 e. The largest absolute Gasteiger partial charge is 0.479 e. The molecule has 2 aliphatic heterocycles. The van der Waals surface area contributed by atoms with E-state index in [9.17, 15) is 37.4 Å². The molecule has 2 aliphatic rings. The Bertz CT molecular complexity index is 1470. The van der Waals surface area contributed by atoms with Crippen molar-refractivity contribution < 1.29 is 37.4 Å². The number of nitrogens with zero attached hydrogens (tertiary/aromatic N) is 5. The van der Waals surface area contributed by atoms with Crippen LogP contribution < -0.4 is 4.90 Å². The van der Waals surface area contributed by atoms with E-state index in [-0.39, 0.29) is 55.4 Å². The molecule has 9 nitrogen and oxygen atoms in total. The molecule has 2 saturated heterocycles. The lowest BCUT2D eigenvalue weighted by Crippen LogP contribution is -2.49. The van der Waals surface area contributed by atoms with Gasteiger partial charge in [-0.2, -0.15) is 13.2 Å². The predicted octanol–water partition coefficient (Wildman–Crippen LogP) is 4.58.